The van der Waals surface area contributed by atoms with E-state index in [0.29, 0.717) is 0 Å². The first-order chi connectivity index (χ1) is 9.33. The number of aromatic nitrogens is 4. The third kappa shape index (κ3) is 1.51. The minimum atomic E-state index is 0.736. The summed E-state index contributed by atoms with van der Waals surface area (Å²) in [6.45, 7) is 0. The van der Waals surface area contributed by atoms with Crippen molar-refractivity contribution in [1.29, 1.82) is 0 Å². The van der Waals surface area contributed by atoms with Crippen molar-refractivity contribution in [2.75, 3.05) is 5.73 Å². The molecular formula is C14H13N5. The second kappa shape index (κ2) is 3.78. The summed E-state index contributed by atoms with van der Waals surface area (Å²) in [6.07, 6.45) is 6.67. The molecule has 0 spiro atoms. The van der Waals surface area contributed by atoms with Gasteiger partial charge in [-0.05, 0) is 37.5 Å². The molecule has 3 aromatic rings. The first-order valence-electron chi connectivity index (χ1n) is 6.39. The number of aryl methyl sites for hydroxylation is 1. The van der Waals surface area contributed by atoms with Gasteiger partial charge in [0, 0.05) is 22.3 Å². The minimum Gasteiger partial charge on any atom is -0.399 e. The quantitative estimate of drug-likeness (QED) is 0.670. The Balaban J connectivity index is 2.01. The van der Waals surface area contributed by atoms with E-state index in [0.717, 1.165) is 47.4 Å². The van der Waals surface area contributed by atoms with Crippen molar-refractivity contribution in [1.82, 2.24) is 19.7 Å². The molecule has 0 radical (unpaired) electrons. The predicted octanol–water partition coefficient (Wildman–Crippen LogP) is 1.89. The van der Waals surface area contributed by atoms with E-state index in [1.807, 2.05) is 29.1 Å². The molecule has 1 aliphatic rings. The molecule has 0 unspecified atom stereocenters. The van der Waals surface area contributed by atoms with Gasteiger partial charge >= 0.3 is 0 Å². The van der Waals surface area contributed by atoms with Gasteiger partial charge in [-0.3, -0.25) is 0 Å². The maximum atomic E-state index is 5.87. The SMILES string of the molecule is Nc1ccc2cnn(-c3ncnc4c3CCC4)c2c1. The maximum Gasteiger partial charge on any atom is 0.160 e. The zero-order valence-electron chi connectivity index (χ0n) is 10.4. The molecule has 0 saturated heterocycles. The second-order valence-electron chi connectivity index (χ2n) is 4.85. The fourth-order valence-electron chi connectivity index (χ4n) is 2.73. The number of hydrogen-bond acceptors (Lipinski definition) is 4. The Morgan fingerprint density at radius 1 is 1.16 bits per heavy atom. The number of nitrogens with two attached hydrogens (primary N) is 1. The first-order valence-corrected chi connectivity index (χ1v) is 6.39. The molecule has 5 nitrogen and oxygen atoms in total. The summed E-state index contributed by atoms with van der Waals surface area (Å²) >= 11 is 0. The summed E-state index contributed by atoms with van der Waals surface area (Å²) in [7, 11) is 0. The summed E-state index contributed by atoms with van der Waals surface area (Å²) in [5.41, 5.74) is 9.97. The van der Waals surface area contributed by atoms with Gasteiger partial charge in [0.1, 0.15) is 6.33 Å². The number of rotatable bonds is 1. The molecule has 0 atom stereocenters. The van der Waals surface area contributed by atoms with Crippen LogP contribution in [0.3, 0.4) is 0 Å². The van der Waals surface area contributed by atoms with E-state index < -0.39 is 0 Å². The molecule has 1 aliphatic carbocycles. The zero-order valence-corrected chi connectivity index (χ0v) is 10.4. The van der Waals surface area contributed by atoms with E-state index >= 15 is 0 Å². The van der Waals surface area contributed by atoms with Crippen LogP contribution in [0.2, 0.25) is 0 Å². The Kier molecular flexibility index (Phi) is 2.09. The first kappa shape index (κ1) is 10.5. The molecule has 0 fully saturated rings. The van der Waals surface area contributed by atoms with Gasteiger partial charge in [-0.15, -0.1) is 0 Å². The third-order valence-corrected chi connectivity index (χ3v) is 3.65. The second-order valence-corrected chi connectivity index (χ2v) is 4.85. The van der Waals surface area contributed by atoms with Gasteiger partial charge in [-0.2, -0.15) is 5.10 Å². The van der Waals surface area contributed by atoms with Gasteiger partial charge in [0.2, 0.25) is 0 Å². The highest BCUT2D eigenvalue weighted by Gasteiger charge is 2.19. The van der Waals surface area contributed by atoms with Crippen LogP contribution in [0, 0.1) is 0 Å². The molecule has 0 aliphatic heterocycles. The van der Waals surface area contributed by atoms with E-state index in [2.05, 4.69) is 15.1 Å². The summed E-state index contributed by atoms with van der Waals surface area (Å²) in [6, 6.07) is 5.81. The highest BCUT2D eigenvalue weighted by atomic mass is 15.3. The smallest absolute Gasteiger partial charge is 0.160 e. The van der Waals surface area contributed by atoms with Gasteiger partial charge in [-0.1, -0.05) is 0 Å². The van der Waals surface area contributed by atoms with E-state index in [1.165, 1.54) is 5.56 Å². The van der Waals surface area contributed by atoms with Crippen LogP contribution in [-0.4, -0.2) is 19.7 Å². The predicted molar refractivity (Wildman–Crippen MR) is 73.1 cm³/mol. The highest BCUT2D eigenvalue weighted by Crippen LogP contribution is 2.27. The fourth-order valence-corrected chi connectivity index (χ4v) is 2.73. The van der Waals surface area contributed by atoms with Crippen LogP contribution in [0.1, 0.15) is 17.7 Å². The molecule has 19 heavy (non-hydrogen) atoms. The van der Waals surface area contributed by atoms with Crippen molar-refractivity contribution in [3.63, 3.8) is 0 Å². The lowest BCUT2D eigenvalue weighted by atomic mass is 10.2. The molecule has 0 bridgehead atoms. The largest absolute Gasteiger partial charge is 0.399 e. The van der Waals surface area contributed by atoms with Crippen LogP contribution in [0.15, 0.2) is 30.7 Å². The molecule has 1 aromatic carbocycles. The van der Waals surface area contributed by atoms with E-state index in [1.54, 1.807) is 6.33 Å². The third-order valence-electron chi connectivity index (χ3n) is 3.65. The van der Waals surface area contributed by atoms with Crippen molar-refractivity contribution in [2.45, 2.75) is 19.3 Å². The van der Waals surface area contributed by atoms with Crippen LogP contribution < -0.4 is 5.73 Å². The average molecular weight is 251 g/mol. The molecule has 4 rings (SSSR count). The van der Waals surface area contributed by atoms with Gasteiger partial charge in [-0.25, -0.2) is 14.6 Å². The van der Waals surface area contributed by atoms with Crippen LogP contribution in [-0.2, 0) is 12.8 Å². The summed E-state index contributed by atoms with van der Waals surface area (Å²) in [5, 5.41) is 5.52. The maximum absolute atomic E-state index is 5.87. The van der Waals surface area contributed by atoms with Crippen molar-refractivity contribution in [3.05, 3.63) is 42.0 Å². The molecule has 2 N–H and O–H groups in total. The Bertz CT molecular complexity index is 775. The van der Waals surface area contributed by atoms with Gasteiger partial charge in [0.15, 0.2) is 5.82 Å². The molecule has 94 valence electrons. The minimum absolute atomic E-state index is 0.736. The van der Waals surface area contributed by atoms with Crippen molar-refractivity contribution >= 4 is 16.6 Å². The number of nitrogen functional groups attached to an aromatic ring is 1. The molecule has 0 amide bonds. The van der Waals surface area contributed by atoms with Gasteiger partial charge < -0.3 is 5.73 Å². The lowest BCUT2D eigenvalue weighted by Gasteiger charge is -2.07. The normalized spacial score (nSPS) is 13.9. The molecule has 0 saturated carbocycles. The standard InChI is InChI=1S/C14H13N5/c15-10-5-4-9-7-18-19(13(9)6-10)14-11-2-1-3-12(11)16-8-17-14/h4-8H,1-3,15H2. The van der Waals surface area contributed by atoms with Crippen molar-refractivity contribution in [2.24, 2.45) is 0 Å². The Labute approximate surface area is 110 Å². The van der Waals surface area contributed by atoms with Gasteiger partial charge in [0.25, 0.3) is 0 Å². The monoisotopic (exact) mass is 251 g/mol. The van der Waals surface area contributed by atoms with E-state index in [4.69, 9.17) is 5.73 Å². The van der Waals surface area contributed by atoms with Crippen molar-refractivity contribution in [3.8, 4) is 5.82 Å². The molecule has 2 heterocycles. The van der Waals surface area contributed by atoms with Crippen LogP contribution in [0.25, 0.3) is 16.7 Å². The summed E-state index contributed by atoms with van der Waals surface area (Å²) in [4.78, 5) is 8.77. The number of fused-ring (bicyclic) bond motifs is 2. The topological polar surface area (TPSA) is 69.6 Å². The van der Waals surface area contributed by atoms with Crippen LogP contribution >= 0.6 is 0 Å². The Hall–Kier alpha value is -2.43. The number of anilines is 1. The fraction of sp³-hybridized carbons (Fsp3) is 0.214. The Morgan fingerprint density at radius 2 is 2.11 bits per heavy atom. The molecular weight excluding hydrogens is 238 g/mol. The van der Waals surface area contributed by atoms with E-state index in [9.17, 15) is 0 Å². The van der Waals surface area contributed by atoms with Crippen LogP contribution in [0.5, 0.6) is 0 Å². The number of nitrogens with zero attached hydrogens (tertiary/aromatic N) is 4. The lowest BCUT2D eigenvalue weighted by molar-refractivity contribution is 0.842. The van der Waals surface area contributed by atoms with Crippen molar-refractivity contribution < 1.29 is 0 Å². The van der Waals surface area contributed by atoms with Gasteiger partial charge in [0.05, 0.1) is 11.7 Å². The molecule has 2 aromatic heterocycles. The number of hydrogen-bond donors (Lipinski definition) is 1. The molecule has 5 heteroatoms. The van der Waals surface area contributed by atoms with Crippen LogP contribution in [0.4, 0.5) is 5.69 Å². The number of benzene rings is 1. The zero-order chi connectivity index (χ0) is 12.8. The lowest BCUT2D eigenvalue weighted by Crippen LogP contribution is -2.05. The summed E-state index contributed by atoms with van der Waals surface area (Å²) in [5.74, 6) is 0.892. The summed E-state index contributed by atoms with van der Waals surface area (Å²) < 4.78 is 1.87. The Morgan fingerprint density at radius 3 is 3.05 bits per heavy atom. The van der Waals surface area contributed by atoms with E-state index in [-0.39, 0.29) is 0 Å². The average Bonchev–Trinajstić information content (AvgIpc) is 3.03. The highest BCUT2D eigenvalue weighted by molar-refractivity contribution is 5.83.